The van der Waals surface area contributed by atoms with Gasteiger partial charge in [-0.25, -0.2) is 8.42 Å². The SMILES string of the molecule is CCN(CC)C(=O)c1ccc(NC(=O)c2ccc(S(=O)(=O)N(C)C(C)C)cc2)cc1. The zero-order chi connectivity index (χ0) is 22.5. The van der Waals surface area contributed by atoms with Gasteiger partial charge in [-0.1, -0.05) is 0 Å². The minimum Gasteiger partial charge on any atom is -0.339 e. The smallest absolute Gasteiger partial charge is 0.255 e. The molecule has 8 heteroatoms. The van der Waals surface area contributed by atoms with Crippen LogP contribution in [-0.4, -0.2) is 55.6 Å². The molecule has 0 atom stereocenters. The summed E-state index contributed by atoms with van der Waals surface area (Å²) in [5.41, 5.74) is 1.44. The zero-order valence-electron chi connectivity index (χ0n) is 18.0. The van der Waals surface area contributed by atoms with Crippen molar-refractivity contribution in [2.75, 3.05) is 25.5 Å². The molecule has 2 rings (SSSR count). The van der Waals surface area contributed by atoms with E-state index in [0.29, 0.717) is 29.9 Å². The maximum absolute atomic E-state index is 12.5. The number of hydrogen-bond acceptors (Lipinski definition) is 4. The van der Waals surface area contributed by atoms with Gasteiger partial charge in [0.05, 0.1) is 4.90 Å². The number of anilines is 1. The van der Waals surface area contributed by atoms with Crippen LogP contribution in [0.1, 0.15) is 48.4 Å². The quantitative estimate of drug-likeness (QED) is 0.694. The summed E-state index contributed by atoms with van der Waals surface area (Å²) in [5, 5.41) is 2.76. The highest BCUT2D eigenvalue weighted by Crippen LogP contribution is 2.18. The van der Waals surface area contributed by atoms with Crippen molar-refractivity contribution in [3.05, 3.63) is 59.7 Å². The molecular weight excluding hydrogens is 402 g/mol. The van der Waals surface area contributed by atoms with Crippen LogP contribution in [0.2, 0.25) is 0 Å². The number of nitrogens with one attached hydrogen (secondary N) is 1. The third-order valence-electron chi connectivity index (χ3n) is 4.96. The number of carbonyl (C=O) groups excluding carboxylic acids is 2. The zero-order valence-corrected chi connectivity index (χ0v) is 18.9. The van der Waals surface area contributed by atoms with Crippen LogP contribution < -0.4 is 5.32 Å². The van der Waals surface area contributed by atoms with Crippen LogP contribution in [0.5, 0.6) is 0 Å². The first-order valence-corrected chi connectivity index (χ1v) is 11.3. The number of amides is 2. The van der Waals surface area contributed by atoms with Gasteiger partial charge in [0, 0.05) is 43.0 Å². The molecule has 0 unspecified atom stereocenters. The summed E-state index contributed by atoms with van der Waals surface area (Å²) in [5.74, 6) is -0.417. The lowest BCUT2D eigenvalue weighted by atomic mass is 10.1. The summed E-state index contributed by atoms with van der Waals surface area (Å²) in [6.07, 6.45) is 0. The molecule has 0 fully saturated rings. The highest BCUT2D eigenvalue weighted by Gasteiger charge is 2.23. The fourth-order valence-corrected chi connectivity index (χ4v) is 4.18. The van der Waals surface area contributed by atoms with E-state index in [1.807, 2.05) is 13.8 Å². The van der Waals surface area contributed by atoms with Gasteiger partial charge in [0.1, 0.15) is 0 Å². The van der Waals surface area contributed by atoms with Gasteiger partial charge in [0.15, 0.2) is 0 Å². The topological polar surface area (TPSA) is 86.8 Å². The molecule has 0 aliphatic carbocycles. The molecule has 7 nitrogen and oxygen atoms in total. The average Bonchev–Trinajstić information content (AvgIpc) is 2.74. The summed E-state index contributed by atoms with van der Waals surface area (Å²) in [4.78, 5) is 26.7. The Morgan fingerprint density at radius 3 is 1.87 bits per heavy atom. The second-order valence-corrected chi connectivity index (χ2v) is 9.15. The van der Waals surface area contributed by atoms with Crippen molar-refractivity contribution in [3.63, 3.8) is 0 Å². The summed E-state index contributed by atoms with van der Waals surface area (Å²) in [7, 11) is -2.08. The molecule has 2 aromatic rings. The molecule has 2 aromatic carbocycles. The molecule has 0 saturated heterocycles. The van der Waals surface area contributed by atoms with E-state index in [1.165, 1.54) is 35.6 Å². The van der Waals surface area contributed by atoms with Crippen molar-refractivity contribution in [3.8, 4) is 0 Å². The summed E-state index contributed by atoms with van der Waals surface area (Å²) in [6.45, 7) is 8.69. The number of hydrogen-bond donors (Lipinski definition) is 1. The minimum absolute atomic E-state index is 0.0546. The van der Waals surface area contributed by atoms with Crippen LogP contribution in [-0.2, 0) is 10.0 Å². The number of carbonyl (C=O) groups is 2. The number of nitrogens with zero attached hydrogens (tertiary/aromatic N) is 2. The van der Waals surface area contributed by atoms with Gasteiger partial charge in [-0.15, -0.1) is 0 Å². The fourth-order valence-electron chi connectivity index (χ4n) is 2.81. The monoisotopic (exact) mass is 431 g/mol. The Morgan fingerprint density at radius 1 is 0.900 bits per heavy atom. The van der Waals surface area contributed by atoms with Gasteiger partial charge in [-0.05, 0) is 76.2 Å². The van der Waals surface area contributed by atoms with Crippen molar-refractivity contribution in [1.82, 2.24) is 9.21 Å². The summed E-state index contributed by atoms with van der Waals surface area (Å²) < 4.78 is 26.3. The Labute approximate surface area is 178 Å². The number of rotatable bonds is 8. The van der Waals surface area contributed by atoms with Gasteiger partial charge >= 0.3 is 0 Å². The van der Waals surface area contributed by atoms with E-state index in [0.717, 1.165) is 0 Å². The normalized spacial score (nSPS) is 11.6. The van der Waals surface area contributed by atoms with Crippen molar-refractivity contribution >= 4 is 27.5 Å². The first-order chi connectivity index (χ1) is 14.1. The summed E-state index contributed by atoms with van der Waals surface area (Å²) >= 11 is 0. The van der Waals surface area contributed by atoms with Gasteiger partial charge < -0.3 is 10.2 Å². The van der Waals surface area contributed by atoms with Gasteiger partial charge in [-0.3, -0.25) is 9.59 Å². The average molecular weight is 432 g/mol. The molecule has 0 bridgehead atoms. The predicted octanol–water partition coefficient (Wildman–Crippen LogP) is 3.45. The fraction of sp³-hybridized carbons (Fsp3) is 0.364. The van der Waals surface area contributed by atoms with Crippen LogP contribution in [0.15, 0.2) is 53.4 Å². The molecule has 162 valence electrons. The lowest BCUT2D eigenvalue weighted by Crippen LogP contribution is -2.33. The second-order valence-electron chi connectivity index (χ2n) is 7.15. The van der Waals surface area contributed by atoms with Crippen molar-refractivity contribution in [2.45, 2.75) is 38.6 Å². The molecule has 0 aliphatic heterocycles. The summed E-state index contributed by atoms with van der Waals surface area (Å²) in [6, 6.07) is 12.3. The third kappa shape index (κ3) is 5.25. The molecule has 0 radical (unpaired) electrons. The van der Waals surface area contributed by atoms with E-state index in [2.05, 4.69) is 5.32 Å². The Bertz CT molecular complexity index is 980. The standard InChI is InChI=1S/C22H29N3O4S/c1-6-25(7-2)22(27)18-8-12-19(13-9-18)23-21(26)17-10-14-20(15-11-17)30(28,29)24(5)16(3)4/h8-16H,6-7H2,1-5H3,(H,23,26). The Hall–Kier alpha value is -2.71. The lowest BCUT2D eigenvalue weighted by Gasteiger charge is -2.21. The van der Waals surface area contributed by atoms with Crippen molar-refractivity contribution < 1.29 is 18.0 Å². The number of sulfonamides is 1. The van der Waals surface area contributed by atoms with E-state index in [9.17, 15) is 18.0 Å². The van der Waals surface area contributed by atoms with E-state index in [4.69, 9.17) is 0 Å². The first kappa shape index (κ1) is 23.6. The second kappa shape index (κ2) is 9.86. The van der Waals surface area contributed by atoms with E-state index in [-0.39, 0.29) is 22.8 Å². The highest BCUT2D eigenvalue weighted by molar-refractivity contribution is 7.89. The van der Waals surface area contributed by atoms with Gasteiger partial charge in [0.2, 0.25) is 10.0 Å². The van der Waals surface area contributed by atoms with Crippen LogP contribution in [0, 0.1) is 0 Å². The number of benzene rings is 2. The van der Waals surface area contributed by atoms with Crippen LogP contribution in [0.3, 0.4) is 0 Å². The Balaban J connectivity index is 2.11. The molecule has 0 aromatic heterocycles. The molecule has 30 heavy (non-hydrogen) atoms. The highest BCUT2D eigenvalue weighted by atomic mass is 32.2. The van der Waals surface area contributed by atoms with E-state index in [1.54, 1.807) is 43.0 Å². The van der Waals surface area contributed by atoms with Crippen LogP contribution in [0.25, 0.3) is 0 Å². The Morgan fingerprint density at radius 2 is 1.40 bits per heavy atom. The Kier molecular flexibility index (Phi) is 7.75. The van der Waals surface area contributed by atoms with Crippen molar-refractivity contribution in [2.24, 2.45) is 0 Å². The minimum atomic E-state index is -3.60. The molecule has 0 saturated carbocycles. The molecule has 1 N–H and O–H groups in total. The first-order valence-electron chi connectivity index (χ1n) is 9.90. The van der Waals surface area contributed by atoms with E-state index < -0.39 is 10.0 Å². The predicted molar refractivity (Wildman–Crippen MR) is 118 cm³/mol. The van der Waals surface area contributed by atoms with Gasteiger partial charge in [-0.2, -0.15) is 4.31 Å². The maximum atomic E-state index is 12.5. The largest absolute Gasteiger partial charge is 0.339 e. The lowest BCUT2D eigenvalue weighted by molar-refractivity contribution is 0.0773. The van der Waals surface area contributed by atoms with Gasteiger partial charge in [0.25, 0.3) is 11.8 Å². The van der Waals surface area contributed by atoms with Crippen LogP contribution in [0.4, 0.5) is 5.69 Å². The molecular formula is C22H29N3O4S. The van der Waals surface area contributed by atoms with E-state index >= 15 is 0 Å². The molecule has 0 heterocycles. The molecule has 0 spiro atoms. The van der Waals surface area contributed by atoms with Crippen molar-refractivity contribution in [1.29, 1.82) is 0 Å². The third-order valence-corrected chi connectivity index (χ3v) is 7.01. The van der Waals surface area contributed by atoms with Crippen LogP contribution >= 0.6 is 0 Å². The maximum Gasteiger partial charge on any atom is 0.255 e. The molecule has 0 aliphatic rings. The molecule has 2 amide bonds.